The number of anilines is 1. The molecular formula is C30H36N4O7S. The van der Waals surface area contributed by atoms with Crippen LogP contribution in [0, 0.1) is 16.0 Å². The molecule has 0 spiro atoms. The maximum absolute atomic E-state index is 14.1. The molecule has 224 valence electrons. The lowest BCUT2D eigenvalue weighted by Gasteiger charge is -2.33. The van der Waals surface area contributed by atoms with Crippen molar-refractivity contribution in [2.75, 3.05) is 30.8 Å². The Hall–Kier alpha value is -4.45. The highest BCUT2D eigenvalue weighted by molar-refractivity contribution is 7.92. The number of nitrogens with one attached hydrogen (secondary N) is 1. The summed E-state index contributed by atoms with van der Waals surface area (Å²) in [5, 5.41) is 14.3. The number of sulfonamides is 1. The van der Waals surface area contributed by atoms with Crippen LogP contribution in [0.4, 0.5) is 11.4 Å². The molecule has 3 aromatic rings. The fourth-order valence-electron chi connectivity index (χ4n) is 4.32. The monoisotopic (exact) mass is 596 g/mol. The van der Waals surface area contributed by atoms with Gasteiger partial charge in [-0.3, -0.25) is 24.0 Å². The van der Waals surface area contributed by atoms with Gasteiger partial charge in [0, 0.05) is 31.6 Å². The number of hydrogen-bond donors (Lipinski definition) is 1. The van der Waals surface area contributed by atoms with Crippen molar-refractivity contribution in [3.8, 4) is 5.75 Å². The normalized spacial score (nSPS) is 11.9. The summed E-state index contributed by atoms with van der Waals surface area (Å²) in [6.45, 7) is 3.60. The average Bonchev–Trinajstić information content (AvgIpc) is 2.96. The molecule has 0 aliphatic heterocycles. The van der Waals surface area contributed by atoms with Crippen molar-refractivity contribution in [1.82, 2.24) is 10.2 Å². The third kappa shape index (κ3) is 9.03. The molecule has 1 atom stereocenters. The molecule has 0 unspecified atom stereocenters. The lowest BCUT2D eigenvalue weighted by Crippen LogP contribution is -2.53. The first-order chi connectivity index (χ1) is 19.9. The molecule has 1 N–H and O–H groups in total. The summed E-state index contributed by atoms with van der Waals surface area (Å²) in [5.41, 5.74) is 1.12. The highest BCUT2D eigenvalue weighted by atomic mass is 32.2. The SMILES string of the molecule is COc1cccc(CN(C(=O)CN(c2cccc([N+](=O)[O-])c2)S(C)(=O)=O)[C@H](Cc2ccccc2)C(=O)NCC(C)C)c1. The summed E-state index contributed by atoms with van der Waals surface area (Å²) in [5.74, 6) is -0.331. The van der Waals surface area contributed by atoms with Gasteiger partial charge in [0.1, 0.15) is 18.3 Å². The second-order valence-electron chi connectivity index (χ2n) is 10.3. The Morgan fingerprint density at radius 3 is 2.26 bits per heavy atom. The molecule has 11 nitrogen and oxygen atoms in total. The van der Waals surface area contributed by atoms with E-state index in [9.17, 15) is 28.1 Å². The van der Waals surface area contributed by atoms with Crippen LogP contribution in [-0.4, -0.2) is 62.6 Å². The zero-order valence-electron chi connectivity index (χ0n) is 24.1. The lowest BCUT2D eigenvalue weighted by atomic mass is 10.0. The Morgan fingerprint density at radius 1 is 0.976 bits per heavy atom. The van der Waals surface area contributed by atoms with Gasteiger partial charge in [0.25, 0.3) is 5.69 Å². The number of methoxy groups -OCH3 is 1. The number of carbonyl (C=O) groups is 2. The van der Waals surface area contributed by atoms with E-state index in [4.69, 9.17) is 4.74 Å². The summed E-state index contributed by atoms with van der Waals surface area (Å²) in [6, 6.07) is 20.3. The van der Waals surface area contributed by atoms with Gasteiger partial charge in [-0.25, -0.2) is 8.42 Å². The molecular weight excluding hydrogens is 560 g/mol. The van der Waals surface area contributed by atoms with Crippen molar-refractivity contribution < 1.29 is 27.7 Å². The van der Waals surface area contributed by atoms with E-state index in [1.165, 1.54) is 30.2 Å². The second kappa shape index (κ2) is 14.4. The maximum Gasteiger partial charge on any atom is 0.271 e. The van der Waals surface area contributed by atoms with Crippen LogP contribution in [0.5, 0.6) is 5.75 Å². The molecule has 0 radical (unpaired) electrons. The van der Waals surface area contributed by atoms with E-state index in [0.29, 0.717) is 17.9 Å². The Bertz CT molecular complexity index is 1500. The first-order valence-corrected chi connectivity index (χ1v) is 15.2. The average molecular weight is 597 g/mol. The van der Waals surface area contributed by atoms with E-state index in [2.05, 4.69) is 5.32 Å². The smallest absolute Gasteiger partial charge is 0.271 e. The Kier molecular flexibility index (Phi) is 11.0. The maximum atomic E-state index is 14.1. The molecule has 2 amide bonds. The minimum absolute atomic E-state index is 0.0187. The summed E-state index contributed by atoms with van der Waals surface area (Å²) in [4.78, 5) is 39.8. The topological polar surface area (TPSA) is 139 Å². The van der Waals surface area contributed by atoms with Crippen LogP contribution in [0.3, 0.4) is 0 Å². The Balaban J connectivity index is 2.08. The van der Waals surface area contributed by atoms with Gasteiger partial charge in [-0.05, 0) is 35.2 Å². The van der Waals surface area contributed by atoms with Crippen LogP contribution in [0.15, 0.2) is 78.9 Å². The van der Waals surface area contributed by atoms with Gasteiger partial charge in [-0.15, -0.1) is 0 Å². The highest BCUT2D eigenvalue weighted by Crippen LogP contribution is 2.25. The largest absolute Gasteiger partial charge is 0.497 e. The Labute approximate surface area is 246 Å². The minimum atomic E-state index is -4.06. The number of benzene rings is 3. The summed E-state index contributed by atoms with van der Waals surface area (Å²) in [6.07, 6.45) is 1.10. The highest BCUT2D eigenvalue weighted by Gasteiger charge is 2.33. The van der Waals surface area contributed by atoms with Crippen molar-refractivity contribution in [2.24, 2.45) is 5.92 Å². The fourth-order valence-corrected chi connectivity index (χ4v) is 5.16. The van der Waals surface area contributed by atoms with Crippen molar-refractivity contribution >= 4 is 33.2 Å². The van der Waals surface area contributed by atoms with E-state index >= 15 is 0 Å². The van der Waals surface area contributed by atoms with E-state index in [-0.39, 0.29) is 36.2 Å². The van der Waals surface area contributed by atoms with Gasteiger partial charge in [-0.1, -0.05) is 62.4 Å². The number of nitro benzene ring substituents is 1. The van der Waals surface area contributed by atoms with Crippen LogP contribution in [0.25, 0.3) is 0 Å². The molecule has 42 heavy (non-hydrogen) atoms. The molecule has 12 heteroatoms. The summed E-state index contributed by atoms with van der Waals surface area (Å²) >= 11 is 0. The van der Waals surface area contributed by atoms with Crippen LogP contribution in [0.2, 0.25) is 0 Å². The van der Waals surface area contributed by atoms with Crippen LogP contribution >= 0.6 is 0 Å². The van der Waals surface area contributed by atoms with Crippen molar-refractivity contribution in [3.63, 3.8) is 0 Å². The summed E-state index contributed by atoms with van der Waals surface area (Å²) in [7, 11) is -2.54. The molecule has 0 fully saturated rings. The second-order valence-corrected chi connectivity index (χ2v) is 12.2. The van der Waals surface area contributed by atoms with Gasteiger partial charge in [0.05, 0.1) is 24.0 Å². The number of nitrogens with zero attached hydrogens (tertiary/aromatic N) is 3. The van der Waals surface area contributed by atoms with E-state index < -0.39 is 33.4 Å². The molecule has 0 aliphatic carbocycles. The molecule has 0 saturated carbocycles. The number of ether oxygens (including phenoxy) is 1. The van der Waals surface area contributed by atoms with Gasteiger partial charge < -0.3 is 15.0 Å². The quantitative estimate of drug-likeness (QED) is 0.221. The van der Waals surface area contributed by atoms with Gasteiger partial charge in [0.15, 0.2) is 0 Å². The number of carbonyl (C=O) groups excluding carboxylic acids is 2. The molecule has 0 aromatic heterocycles. The minimum Gasteiger partial charge on any atom is -0.497 e. The number of amides is 2. The fraction of sp³-hybridized carbons (Fsp3) is 0.333. The lowest BCUT2D eigenvalue weighted by molar-refractivity contribution is -0.384. The molecule has 0 aliphatic rings. The summed E-state index contributed by atoms with van der Waals surface area (Å²) < 4.78 is 31.9. The third-order valence-corrected chi connectivity index (χ3v) is 7.59. The van der Waals surface area contributed by atoms with Gasteiger partial charge >= 0.3 is 0 Å². The van der Waals surface area contributed by atoms with E-state index in [0.717, 1.165) is 22.2 Å². The molecule has 0 bridgehead atoms. The predicted octanol–water partition coefficient (Wildman–Crippen LogP) is 3.78. The number of nitro groups is 1. The van der Waals surface area contributed by atoms with E-state index in [1.807, 2.05) is 44.2 Å². The Morgan fingerprint density at radius 2 is 1.64 bits per heavy atom. The van der Waals surface area contributed by atoms with Gasteiger partial charge in [0.2, 0.25) is 21.8 Å². The van der Waals surface area contributed by atoms with Crippen molar-refractivity contribution in [3.05, 3.63) is 100 Å². The third-order valence-electron chi connectivity index (χ3n) is 6.45. The predicted molar refractivity (Wildman–Crippen MR) is 161 cm³/mol. The zero-order valence-corrected chi connectivity index (χ0v) is 24.9. The first kappa shape index (κ1) is 32.1. The van der Waals surface area contributed by atoms with Crippen molar-refractivity contribution in [2.45, 2.75) is 32.9 Å². The van der Waals surface area contributed by atoms with Crippen LogP contribution < -0.4 is 14.4 Å². The van der Waals surface area contributed by atoms with Crippen LogP contribution in [-0.2, 0) is 32.6 Å². The number of non-ortho nitro benzene ring substituents is 1. The van der Waals surface area contributed by atoms with Crippen molar-refractivity contribution in [1.29, 1.82) is 0 Å². The molecule has 0 saturated heterocycles. The standard InChI is InChI=1S/C30H36N4O7S/c1-22(2)19-31-30(36)28(17-23-10-6-5-7-11-23)32(20-24-12-8-15-27(16-24)41-3)29(35)21-33(42(4,39)40)25-13-9-14-26(18-25)34(37)38/h5-16,18,22,28H,17,19-21H2,1-4H3,(H,31,36)/t28-/m1/s1. The first-order valence-electron chi connectivity index (χ1n) is 13.3. The zero-order chi connectivity index (χ0) is 30.9. The number of rotatable bonds is 14. The molecule has 3 aromatic carbocycles. The van der Waals surface area contributed by atoms with E-state index in [1.54, 1.807) is 24.3 Å². The number of hydrogen-bond acceptors (Lipinski definition) is 7. The molecule has 3 rings (SSSR count). The van der Waals surface area contributed by atoms with Gasteiger partial charge in [-0.2, -0.15) is 0 Å². The van der Waals surface area contributed by atoms with Crippen LogP contribution in [0.1, 0.15) is 25.0 Å². The molecule has 0 heterocycles.